The largest absolute Gasteiger partial charge is 0.284 e. The zero-order chi connectivity index (χ0) is 11.7. The van der Waals surface area contributed by atoms with Gasteiger partial charge in [0.2, 0.25) is 0 Å². The van der Waals surface area contributed by atoms with Crippen LogP contribution in [0.25, 0.3) is 16.6 Å². The summed E-state index contributed by atoms with van der Waals surface area (Å²) in [6, 6.07) is 14.8. The number of hydrogen-bond donors (Lipinski definition) is 0. The van der Waals surface area contributed by atoms with Crippen LogP contribution >= 0.6 is 0 Å². The first-order valence-electron chi connectivity index (χ1n) is 5.38. The third-order valence-corrected chi connectivity index (χ3v) is 2.71. The van der Waals surface area contributed by atoms with Crippen molar-refractivity contribution in [3.8, 4) is 5.69 Å². The second kappa shape index (κ2) is 3.87. The van der Waals surface area contributed by atoms with Crippen molar-refractivity contribution in [1.82, 2.24) is 9.55 Å². The molecule has 0 aliphatic rings. The Hall–Kier alpha value is -2.42. The molecule has 0 amide bonds. The molecule has 0 aliphatic heterocycles. The molecule has 3 aromatic rings. The third kappa shape index (κ3) is 1.61. The number of benzene rings is 1. The van der Waals surface area contributed by atoms with E-state index in [0.29, 0.717) is 0 Å². The molecule has 3 nitrogen and oxygen atoms in total. The lowest BCUT2D eigenvalue weighted by Gasteiger charge is -2.07. The first kappa shape index (κ1) is 9.78. The summed E-state index contributed by atoms with van der Waals surface area (Å²) in [5.41, 5.74) is 1.71. The highest BCUT2D eigenvalue weighted by Crippen LogP contribution is 2.18. The molecule has 0 radical (unpaired) electrons. The van der Waals surface area contributed by atoms with E-state index >= 15 is 0 Å². The van der Waals surface area contributed by atoms with Crippen LogP contribution in [0.4, 0.5) is 0 Å². The van der Waals surface area contributed by atoms with Gasteiger partial charge in [0.1, 0.15) is 0 Å². The van der Waals surface area contributed by atoms with Crippen LogP contribution in [0.1, 0.15) is 0 Å². The Morgan fingerprint density at radius 3 is 2.65 bits per heavy atom. The highest BCUT2D eigenvalue weighted by molar-refractivity contribution is 5.86. The topological polar surface area (TPSA) is 34.9 Å². The summed E-state index contributed by atoms with van der Waals surface area (Å²) in [6.07, 6.45) is 3.49. The molecule has 3 rings (SSSR count). The summed E-state index contributed by atoms with van der Waals surface area (Å²) in [4.78, 5) is 16.1. The smallest absolute Gasteiger partial charge is 0.255 e. The number of para-hydroxylation sites is 1. The van der Waals surface area contributed by atoms with Crippen molar-refractivity contribution in [1.29, 1.82) is 0 Å². The first-order chi connectivity index (χ1) is 8.36. The van der Waals surface area contributed by atoms with Crippen LogP contribution in [0.2, 0.25) is 0 Å². The van der Waals surface area contributed by atoms with Crippen molar-refractivity contribution in [2.75, 3.05) is 0 Å². The molecule has 0 unspecified atom stereocenters. The Morgan fingerprint density at radius 2 is 1.76 bits per heavy atom. The van der Waals surface area contributed by atoms with E-state index in [-0.39, 0.29) is 5.56 Å². The predicted molar refractivity (Wildman–Crippen MR) is 67.3 cm³/mol. The zero-order valence-corrected chi connectivity index (χ0v) is 9.08. The van der Waals surface area contributed by atoms with Gasteiger partial charge in [0.25, 0.3) is 5.56 Å². The molecule has 0 aliphatic carbocycles. The van der Waals surface area contributed by atoms with Gasteiger partial charge in [-0.3, -0.25) is 14.3 Å². The van der Waals surface area contributed by atoms with Crippen molar-refractivity contribution in [2.24, 2.45) is 0 Å². The Labute approximate surface area is 98.0 Å². The quantitative estimate of drug-likeness (QED) is 0.633. The number of aromatic nitrogens is 2. The number of fused-ring (bicyclic) bond motifs is 1. The zero-order valence-electron chi connectivity index (χ0n) is 9.08. The van der Waals surface area contributed by atoms with Gasteiger partial charge in [0.15, 0.2) is 0 Å². The van der Waals surface area contributed by atoms with E-state index in [4.69, 9.17) is 0 Å². The van der Waals surface area contributed by atoms with E-state index in [0.717, 1.165) is 16.6 Å². The molecule has 0 N–H and O–H groups in total. The standard InChI is InChI=1S/C14H10N2O/c17-14-7-3-4-10-16(14)13-8-9-15-12-6-2-1-5-11(12)13/h1-10H. The van der Waals surface area contributed by atoms with Crippen LogP contribution < -0.4 is 5.56 Å². The van der Waals surface area contributed by atoms with Gasteiger partial charge in [-0.15, -0.1) is 0 Å². The van der Waals surface area contributed by atoms with Crippen molar-refractivity contribution in [3.63, 3.8) is 0 Å². The van der Waals surface area contributed by atoms with Gasteiger partial charge < -0.3 is 0 Å². The lowest BCUT2D eigenvalue weighted by atomic mass is 10.2. The molecule has 0 bridgehead atoms. The van der Waals surface area contributed by atoms with Gasteiger partial charge in [-0.1, -0.05) is 24.3 Å². The fourth-order valence-corrected chi connectivity index (χ4v) is 1.92. The number of pyridine rings is 2. The highest BCUT2D eigenvalue weighted by Gasteiger charge is 2.03. The van der Waals surface area contributed by atoms with E-state index in [1.807, 2.05) is 36.4 Å². The van der Waals surface area contributed by atoms with Crippen molar-refractivity contribution in [2.45, 2.75) is 0 Å². The molecule has 2 heterocycles. The predicted octanol–water partition coefficient (Wildman–Crippen LogP) is 2.39. The minimum Gasteiger partial charge on any atom is -0.284 e. The van der Waals surface area contributed by atoms with Crippen LogP contribution in [0.3, 0.4) is 0 Å². The minimum absolute atomic E-state index is 0.0381. The Morgan fingerprint density at radius 1 is 0.941 bits per heavy atom. The van der Waals surface area contributed by atoms with E-state index in [1.165, 1.54) is 0 Å². The highest BCUT2D eigenvalue weighted by atomic mass is 16.1. The summed E-state index contributed by atoms with van der Waals surface area (Å²) in [7, 11) is 0. The SMILES string of the molecule is O=c1ccccn1-c1ccnc2ccccc12. The second-order valence-corrected chi connectivity index (χ2v) is 3.76. The minimum atomic E-state index is -0.0381. The molecule has 0 atom stereocenters. The molecule has 0 spiro atoms. The number of hydrogen-bond acceptors (Lipinski definition) is 2. The maximum absolute atomic E-state index is 11.8. The molecule has 1 aromatic carbocycles. The van der Waals surface area contributed by atoms with E-state index < -0.39 is 0 Å². The molecule has 17 heavy (non-hydrogen) atoms. The maximum atomic E-state index is 11.8. The summed E-state index contributed by atoms with van der Waals surface area (Å²) in [5, 5.41) is 0.975. The molecule has 3 heteroatoms. The Kier molecular flexibility index (Phi) is 2.22. The molecule has 2 aromatic heterocycles. The lowest BCUT2D eigenvalue weighted by molar-refractivity contribution is 0.997. The van der Waals surface area contributed by atoms with Gasteiger partial charge in [-0.2, -0.15) is 0 Å². The summed E-state index contributed by atoms with van der Waals surface area (Å²) in [5.74, 6) is 0. The maximum Gasteiger partial charge on any atom is 0.255 e. The van der Waals surface area contributed by atoms with E-state index in [9.17, 15) is 4.79 Å². The lowest BCUT2D eigenvalue weighted by Crippen LogP contribution is -2.15. The van der Waals surface area contributed by atoms with Gasteiger partial charge >= 0.3 is 0 Å². The van der Waals surface area contributed by atoms with Crippen LogP contribution in [-0.4, -0.2) is 9.55 Å². The average Bonchev–Trinajstić information content (AvgIpc) is 2.39. The molecule has 0 fully saturated rings. The van der Waals surface area contributed by atoms with Crippen LogP contribution in [0, 0.1) is 0 Å². The van der Waals surface area contributed by atoms with Crippen LogP contribution in [0.5, 0.6) is 0 Å². The molecule has 0 saturated heterocycles. The number of rotatable bonds is 1. The molecular formula is C14H10N2O. The fraction of sp³-hybridized carbons (Fsp3) is 0. The van der Waals surface area contributed by atoms with Crippen LogP contribution in [-0.2, 0) is 0 Å². The molecule has 0 saturated carbocycles. The van der Waals surface area contributed by atoms with Crippen molar-refractivity contribution in [3.05, 3.63) is 71.3 Å². The van der Waals surface area contributed by atoms with Gasteiger partial charge in [0, 0.05) is 23.8 Å². The fourth-order valence-electron chi connectivity index (χ4n) is 1.92. The van der Waals surface area contributed by atoms with Gasteiger partial charge in [-0.25, -0.2) is 0 Å². The number of nitrogens with zero attached hydrogens (tertiary/aromatic N) is 2. The molecule has 82 valence electrons. The average molecular weight is 222 g/mol. The third-order valence-electron chi connectivity index (χ3n) is 2.71. The van der Waals surface area contributed by atoms with E-state index in [1.54, 1.807) is 29.1 Å². The normalized spacial score (nSPS) is 10.6. The van der Waals surface area contributed by atoms with Crippen molar-refractivity contribution < 1.29 is 0 Å². The van der Waals surface area contributed by atoms with Crippen molar-refractivity contribution >= 4 is 10.9 Å². The van der Waals surface area contributed by atoms with Gasteiger partial charge in [-0.05, 0) is 18.2 Å². The van der Waals surface area contributed by atoms with Gasteiger partial charge in [0.05, 0.1) is 11.2 Å². The summed E-state index contributed by atoms with van der Waals surface area (Å²) in [6.45, 7) is 0. The monoisotopic (exact) mass is 222 g/mol. The van der Waals surface area contributed by atoms with Crippen LogP contribution in [0.15, 0.2) is 65.7 Å². The summed E-state index contributed by atoms with van der Waals surface area (Å²) < 4.78 is 1.63. The second-order valence-electron chi connectivity index (χ2n) is 3.76. The Bertz CT molecular complexity index is 726. The van der Waals surface area contributed by atoms with E-state index in [2.05, 4.69) is 4.98 Å². The molecular weight excluding hydrogens is 212 g/mol. The summed E-state index contributed by atoms with van der Waals surface area (Å²) >= 11 is 0. The first-order valence-corrected chi connectivity index (χ1v) is 5.38. The Balaban J connectivity index is 2.39.